The summed E-state index contributed by atoms with van der Waals surface area (Å²) in [6.45, 7) is 6.67. The number of hydrogen-bond donors (Lipinski definition) is 1. The highest BCUT2D eigenvalue weighted by molar-refractivity contribution is 5.92. The number of likely N-dealkylation sites (tertiary alicyclic amines) is 1. The minimum absolute atomic E-state index is 0.174. The number of aromatic amines is 1. The van der Waals surface area contributed by atoms with Crippen LogP contribution in [0.15, 0.2) is 18.3 Å². The van der Waals surface area contributed by atoms with Gasteiger partial charge in [0.25, 0.3) is 5.91 Å². The van der Waals surface area contributed by atoms with Crippen molar-refractivity contribution in [3.8, 4) is 0 Å². The molecule has 1 amide bonds. The Balaban J connectivity index is 1.55. The average molecular weight is 304 g/mol. The van der Waals surface area contributed by atoms with Gasteiger partial charge in [-0.2, -0.15) is 0 Å². The summed E-state index contributed by atoms with van der Waals surface area (Å²) >= 11 is 0. The number of carbonyl (C=O) groups is 1. The van der Waals surface area contributed by atoms with Crippen molar-refractivity contribution in [2.45, 2.75) is 31.7 Å². The molecule has 1 aromatic heterocycles. The van der Waals surface area contributed by atoms with Crippen molar-refractivity contribution in [3.63, 3.8) is 0 Å². The number of likely N-dealkylation sites (N-methyl/N-ethyl adjacent to an activating group) is 1. The van der Waals surface area contributed by atoms with Gasteiger partial charge in [-0.25, -0.2) is 0 Å². The number of carbonyl (C=O) groups excluding carboxylic acids is 1. The molecule has 5 nitrogen and oxygen atoms in total. The number of amides is 1. The molecular weight excluding hydrogens is 276 g/mol. The molecule has 3 heterocycles. The van der Waals surface area contributed by atoms with Crippen LogP contribution in [0.4, 0.5) is 0 Å². The highest BCUT2D eigenvalue weighted by Crippen LogP contribution is 2.22. The Morgan fingerprint density at radius 2 is 2.05 bits per heavy atom. The minimum atomic E-state index is 0.174. The van der Waals surface area contributed by atoms with E-state index >= 15 is 0 Å². The monoisotopic (exact) mass is 304 g/mol. The standard InChI is InChI=1S/C17H28N4O/c1-19-11-13-20(14-12-19)10-7-15-5-2-3-9-21(15)17(22)16-6-4-8-18-16/h4,6,8,15,18H,2-3,5,7,9-14H2,1H3. The molecular formula is C17H28N4O. The van der Waals surface area contributed by atoms with E-state index in [0.717, 1.165) is 64.2 Å². The molecule has 0 aromatic carbocycles. The third-order valence-electron chi connectivity index (χ3n) is 5.09. The first kappa shape index (κ1) is 15.6. The first-order valence-corrected chi connectivity index (χ1v) is 8.59. The molecule has 1 aromatic rings. The molecule has 3 rings (SSSR count). The van der Waals surface area contributed by atoms with Crippen LogP contribution in [0.2, 0.25) is 0 Å². The van der Waals surface area contributed by atoms with Gasteiger partial charge in [0.15, 0.2) is 0 Å². The maximum absolute atomic E-state index is 12.6. The lowest BCUT2D eigenvalue weighted by Gasteiger charge is -2.38. The van der Waals surface area contributed by atoms with Crippen LogP contribution in [0.5, 0.6) is 0 Å². The predicted octanol–water partition coefficient (Wildman–Crippen LogP) is 1.65. The van der Waals surface area contributed by atoms with Crippen molar-refractivity contribution < 1.29 is 4.79 Å². The highest BCUT2D eigenvalue weighted by atomic mass is 16.2. The normalized spacial score (nSPS) is 24.6. The topological polar surface area (TPSA) is 42.6 Å². The molecule has 22 heavy (non-hydrogen) atoms. The zero-order chi connectivity index (χ0) is 15.4. The van der Waals surface area contributed by atoms with Crippen LogP contribution < -0.4 is 0 Å². The molecule has 5 heteroatoms. The Hall–Kier alpha value is -1.33. The number of piperidine rings is 1. The molecule has 2 aliphatic rings. The van der Waals surface area contributed by atoms with Crippen LogP contribution in [-0.2, 0) is 0 Å². The van der Waals surface area contributed by atoms with E-state index in [2.05, 4.69) is 26.7 Å². The number of hydrogen-bond acceptors (Lipinski definition) is 3. The molecule has 0 saturated carbocycles. The fraction of sp³-hybridized carbons (Fsp3) is 0.706. The number of rotatable bonds is 4. The maximum atomic E-state index is 12.6. The molecule has 2 aliphatic heterocycles. The van der Waals surface area contributed by atoms with Gasteiger partial charge in [0.1, 0.15) is 5.69 Å². The quantitative estimate of drug-likeness (QED) is 0.920. The number of nitrogens with one attached hydrogen (secondary N) is 1. The van der Waals surface area contributed by atoms with Crippen LogP contribution in [0.3, 0.4) is 0 Å². The number of H-pyrrole nitrogens is 1. The zero-order valence-electron chi connectivity index (χ0n) is 13.6. The Bertz CT molecular complexity index is 465. The molecule has 1 unspecified atom stereocenters. The van der Waals surface area contributed by atoms with E-state index < -0.39 is 0 Å². The van der Waals surface area contributed by atoms with E-state index in [1.807, 2.05) is 18.3 Å². The summed E-state index contributed by atoms with van der Waals surface area (Å²) in [6, 6.07) is 4.19. The second kappa shape index (κ2) is 7.29. The Kier molecular flexibility index (Phi) is 5.16. The van der Waals surface area contributed by atoms with Crippen molar-refractivity contribution in [2.75, 3.05) is 46.3 Å². The molecule has 122 valence electrons. The SMILES string of the molecule is CN1CCN(CCC2CCCCN2C(=O)c2ccc[nH]2)CC1. The summed E-state index contributed by atoms with van der Waals surface area (Å²) in [6.07, 6.45) is 6.48. The Morgan fingerprint density at radius 1 is 1.23 bits per heavy atom. The largest absolute Gasteiger partial charge is 0.357 e. The Morgan fingerprint density at radius 3 is 2.77 bits per heavy atom. The zero-order valence-corrected chi connectivity index (χ0v) is 13.6. The third-order valence-corrected chi connectivity index (χ3v) is 5.09. The van der Waals surface area contributed by atoms with Crippen molar-refractivity contribution in [3.05, 3.63) is 24.0 Å². The van der Waals surface area contributed by atoms with Crippen molar-refractivity contribution in [1.82, 2.24) is 19.7 Å². The summed E-state index contributed by atoms with van der Waals surface area (Å²) in [7, 11) is 2.19. The number of piperazine rings is 1. The van der Waals surface area contributed by atoms with Crippen LogP contribution in [0.1, 0.15) is 36.2 Å². The van der Waals surface area contributed by atoms with Gasteiger partial charge in [-0.15, -0.1) is 0 Å². The van der Waals surface area contributed by atoms with Gasteiger partial charge >= 0.3 is 0 Å². The minimum Gasteiger partial charge on any atom is -0.357 e. The van der Waals surface area contributed by atoms with Crippen molar-refractivity contribution in [1.29, 1.82) is 0 Å². The molecule has 2 saturated heterocycles. The Labute approximate surface area is 133 Å². The average Bonchev–Trinajstić information content (AvgIpc) is 3.08. The molecule has 0 spiro atoms. The summed E-state index contributed by atoms with van der Waals surface area (Å²) in [5.74, 6) is 0.174. The summed E-state index contributed by atoms with van der Waals surface area (Å²) in [4.78, 5) is 22.7. The van der Waals surface area contributed by atoms with Gasteiger partial charge in [-0.05, 0) is 44.9 Å². The molecule has 0 aliphatic carbocycles. The van der Waals surface area contributed by atoms with E-state index in [4.69, 9.17) is 0 Å². The molecule has 1 N–H and O–H groups in total. The van der Waals surface area contributed by atoms with Gasteiger partial charge in [0.2, 0.25) is 0 Å². The first-order valence-electron chi connectivity index (χ1n) is 8.59. The fourth-order valence-electron chi connectivity index (χ4n) is 3.59. The van der Waals surface area contributed by atoms with Crippen LogP contribution >= 0.6 is 0 Å². The van der Waals surface area contributed by atoms with Gasteiger partial charge in [-0.3, -0.25) is 4.79 Å². The highest BCUT2D eigenvalue weighted by Gasteiger charge is 2.28. The molecule has 1 atom stereocenters. The van der Waals surface area contributed by atoms with E-state index in [0.29, 0.717) is 6.04 Å². The lowest BCUT2D eigenvalue weighted by molar-refractivity contribution is 0.0564. The van der Waals surface area contributed by atoms with E-state index in [9.17, 15) is 4.79 Å². The van der Waals surface area contributed by atoms with Crippen molar-refractivity contribution >= 4 is 5.91 Å². The summed E-state index contributed by atoms with van der Waals surface area (Å²) < 4.78 is 0. The summed E-state index contributed by atoms with van der Waals surface area (Å²) in [5.41, 5.74) is 0.728. The molecule has 0 bridgehead atoms. The van der Waals surface area contributed by atoms with Crippen LogP contribution in [0, 0.1) is 0 Å². The van der Waals surface area contributed by atoms with E-state index in [1.54, 1.807) is 0 Å². The maximum Gasteiger partial charge on any atom is 0.270 e. The van der Waals surface area contributed by atoms with Crippen LogP contribution in [0.25, 0.3) is 0 Å². The van der Waals surface area contributed by atoms with Crippen molar-refractivity contribution in [2.24, 2.45) is 0 Å². The second-order valence-corrected chi connectivity index (χ2v) is 6.67. The fourth-order valence-corrected chi connectivity index (χ4v) is 3.59. The van der Waals surface area contributed by atoms with Gasteiger partial charge in [0, 0.05) is 51.5 Å². The first-order chi connectivity index (χ1) is 10.7. The van der Waals surface area contributed by atoms with E-state index in [1.165, 1.54) is 6.42 Å². The van der Waals surface area contributed by atoms with Gasteiger partial charge in [-0.1, -0.05) is 0 Å². The summed E-state index contributed by atoms with van der Waals surface area (Å²) in [5, 5.41) is 0. The van der Waals surface area contributed by atoms with Gasteiger partial charge in [0.05, 0.1) is 0 Å². The molecule has 2 fully saturated rings. The smallest absolute Gasteiger partial charge is 0.270 e. The van der Waals surface area contributed by atoms with E-state index in [-0.39, 0.29) is 5.91 Å². The number of aromatic nitrogens is 1. The third kappa shape index (κ3) is 3.70. The second-order valence-electron chi connectivity index (χ2n) is 6.67. The predicted molar refractivity (Wildman–Crippen MR) is 88.0 cm³/mol. The van der Waals surface area contributed by atoms with Crippen LogP contribution in [-0.4, -0.2) is 77.9 Å². The van der Waals surface area contributed by atoms with Gasteiger partial charge < -0.3 is 19.7 Å². The molecule has 0 radical (unpaired) electrons. The lowest BCUT2D eigenvalue weighted by atomic mass is 9.98. The lowest BCUT2D eigenvalue weighted by Crippen LogP contribution is -2.48. The number of nitrogens with zero attached hydrogens (tertiary/aromatic N) is 3.